The van der Waals surface area contributed by atoms with Gasteiger partial charge in [0.25, 0.3) is 0 Å². The van der Waals surface area contributed by atoms with Gasteiger partial charge in [-0.2, -0.15) is 0 Å². The van der Waals surface area contributed by atoms with Gasteiger partial charge in [-0.05, 0) is 41.3 Å². The van der Waals surface area contributed by atoms with Crippen molar-refractivity contribution in [3.63, 3.8) is 0 Å². The third-order valence-corrected chi connectivity index (χ3v) is 6.31. The largest absolute Gasteiger partial charge is 0.359 e. The number of rotatable bonds is 1. The highest BCUT2D eigenvalue weighted by Gasteiger charge is 2.57. The lowest BCUT2D eigenvalue weighted by atomic mass is 9.87. The Kier molecular flexibility index (Phi) is 2.88. The quantitative estimate of drug-likeness (QED) is 0.675. The van der Waals surface area contributed by atoms with E-state index in [1.165, 1.54) is 33.4 Å². The van der Waals surface area contributed by atoms with Crippen LogP contribution in [0.15, 0.2) is 95.7 Å². The van der Waals surface area contributed by atoms with Gasteiger partial charge < -0.3 is 4.90 Å². The maximum absolute atomic E-state index is 5.00. The van der Waals surface area contributed by atoms with E-state index in [-0.39, 0.29) is 0 Å². The molecule has 1 saturated carbocycles. The van der Waals surface area contributed by atoms with Crippen molar-refractivity contribution in [2.24, 2.45) is 4.99 Å². The van der Waals surface area contributed by atoms with Gasteiger partial charge in [-0.3, -0.25) is 0 Å². The first kappa shape index (κ1) is 15.0. The molecule has 3 aliphatic heterocycles. The van der Waals surface area contributed by atoms with Crippen LogP contribution in [0.4, 0.5) is 0 Å². The van der Waals surface area contributed by atoms with Gasteiger partial charge in [0.05, 0.1) is 23.5 Å². The Balaban J connectivity index is 1.59. The molecule has 2 heteroatoms. The van der Waals surface area contributed by atoms with Crippen molar-refractivity contribution >= 4 is 11.4 Å². The van der Waals surface area contributed by atoms with Crippen molar-refractivity contribution in [1.29, 1.82) is 0 Å². The molecule has 6 rings (SSSR count). The molecule has 1 fully saturated rings. The molecule has 0 N–H and O–H groups in total. The minimum absolute atomic E-state index is 0.338. The minimum atomic E-state index is 0.338. The molecular formula is C25H20N2. The van der Waals surface area contributed by atoms with Gasteiger partial charge in [0.1, 0.15) is 0 Å². The van der Waals surface area contributed by atoms with E-state index in [9.17, 15) is 0 Å². The number of allylic oxidation sites excluding steroid dienone is 3. The van der Waals surface area contributed by atoms with Crippen molar-refractivity contribution in [2.45, 2.75) is 24.9 Å². The van der Waals surface area contributed by atoms with Crippen molar-refractivity contribution in [1.82, 2.24) is 4.90 Å². The summed E-state index contributed by atoms with van der Waals surface area (Å²) < 4.78 is 0. The first-order valence-corrected chi connectivity index (χ1v) is 9.56. The summed E-state index contributed by atoms with van der Waals surface area (Å²) in [7, 11) is 0. The number of benzene rings is 2. The van der Waals surface area contributed by atoms with Crippen LogP contribution in [0.3, 0.4) is 0 Å². The highest BCUT2D eigenvalue weighted by atomic mass is 15.2. The summed E-state index contributed by atoms with van der Waals surface area (Å²) in [5, 5.41) is 0. The molecule has 3 atom stereocenters. The molecule has 0 saturated heterocycles. The third-order valence-electron chi connectivity index (χ3n) is 6.31. The van der Waals surface area contributed by atoms with E-state index >= 15 is 0 Å². The number of fused-ring (bicyclic) bond motifs is 7. The number of aliphatic imine (C=N–C) groups is 1. The molecule has 2 aromatic rings. The summed E-state index contributed by atoms with van der Waals surface area (Å²) in [6.45, 7) is 6.22. The van der Waals surface area contributed by atoms with E-state index in [0.717, 1.165) is 11.4 Å². The number of hydrogen-bond donors (Lipinski definition) is 0. The van der Waals surface area contributed by atoms with Crippen molar-refractivity contribution in [3.8, 4) is 0 Å². The van der Waals surface area contributed by atoms with Gasteiger partial charge in [-0.15, -0.1) is 0 Å². The Morgan fingerprint density at radius 1 is 1.00 bits per heavy atom. The number of hydrogen-bond acceptors (Lipinski definition) is 2. The van der Waals surface area contributed by atoms with Crippen LogP contribution >= 0.6 is 0 Å². The van der Waals surface area contributed by atoms with Gasteiger partial charge >= 0.3 is 0 Å². The van der Waals surface area contributed by atoms with Crippen LogP contribution in [0.2, 0.25) is 0 Å². The molecule has 0 radical (unpaired) electrons. The van der Waals surface area contributed by atoms with Gasteiger partial charge in [-0.1, -0.05) is 61.2 Å². The van der Waals surface area contributed by atoms with Crippen LogP contribution in [0.1, 0.15) is 41.1 Å². The Bertz CT molecular complexity index is 1130. The highest BCUT2D eigenvalue weighted by molar-refractivity contribution is 6.17. The smallest absolute Gasteiger partial charge is 0.0760 e. The second kappa shape index (κ2) is 5.20. The van der Waals surface area contributed by atoms with E-state index in [2.05, 4.69) is 85.3 Å². The third kappa shape index (κ3) is 1.88. The van der Waals surface area contributed by atoms with Crippen LogP contribution < -0.4 is 0 Å². The van der Waals surface area contributed by atoms with Crippen LogP contribution in [0, 0.1) is 0 Å². The van der Waals surface area contributed by atoms with Gasteiger partial charge in [0.15, 0.2) is 0 Å². The lowest BCUT2D eigenvalue weighted by Gasteiger charge is -2.38. The van der Waals surface area contributed by atoms with Crippen molar-refractivity contribution < 1.29 is 0 Å². The zero-order chi connectivity index (χ0) is 18.1. The Hall–Kier alpha value is -3.13. The molecule has 130 valence electrons. The van der Waals surface area contributed by atoms with Gasteiger partial charge in [0.2, 0.25) is 0 Å². The monoisotopic (exact) mass is 348 g/mol. The predicted octanol–water partition coefficient (Wildman–Crippen LogP) is 5.38. The number of nitrogens with zero attached hydrogens (tertiary/aromatic N) is 2. The molecule has 0 spiro atoms. The molecule has 0 aromatic heterocycles. The molecule has 0 amide bonds. The minimum Gasteiger partial charge on any atom is -0.359 e. The fraction of sp³-hybridized carbons (Fsp3) is 0.160. The van der Waals surface area contributed by atoms with E-state index < -0.39 is 0 Å². The Morgan fingerprint density at radius 2 is 1.74 bits per heavy atom. The highest BCUT2D eigenvalue weighted by Crippen LogP contribution is 2.62. The summed E-state index contributed by atoms with van der Waals surface area (Å²) in [6.07, 6.45) is 8.56. The first-order chi connectivity index (χ1) is 13.3. The zero-order valence-electron chi connectivity index (χ0n) is 15.3. The average molecular weight is 348 g/mol. The van der Waals surface area contributed by atoms with Crippen LogP contribution in [0.25, 0.3) is 5.70 Å². The molecule has 2 aromatic carbocycles. The summed E-state index contributed by atoms with van der Waals surface area (Å²) in [5.74, 6) is 0.434. The fourth-order valence-electron chi connectivity index (χ4n) is 5.15. The van der Waals surface area contributed by atoms with Crippen molar-refractivity contribution in [3.05, 3.63) is 113 Å². The van der Waals surface area contributed by atoms with Crippen molar-refractivity contribution in [2.75, 3.05) is 0 Å². The molecular weight excluding hydrogens is 328 g/mol. The molecule has 4 aliphatic rings. The second-order valence-corrected chi connectivity index (χ2v) is 7.70. The lowest BCUT2D eigenvalue weighted by Crippen LogP contribution is -2.33. The molecule has 0 bridgehead atoms. The van der Waals surface area contributed by atoms with E-state index in [1.807, 2.05) is 6.08 Å². The SMILES string of the molecule is C=CC1=N/C(=C2/C3c4ccccc4C4C(C)=CC=CN4C23)c2ccccc21. The summed E-state index contributed by atoms with van der Waals surface area (Å²) >= 11 is 0. The summed E-state index contributed by atoms with van der Waals surface area (Å²) in [6, 6.07) is 18.2. The van der Waals surface area contributed by atoms with Crippen LogP contribution in [-0.2, 0) is 0 Å². The molecule has 3 unspecified atom stereocenters. The molecule has 27 heavy (non-hydrogen) atoms. The van der Waals surface area contributed by atoms with Crippen LogP contribution in [-0.4, -0.2) is 16.7 Å². The zero-order valence-corrected chi connectivity index (χ0v) is 15.3. The first-order valence-electron chi connectivity index (χ1n) is 9.56. The van der Waals surface area contributed by atoms with E-state index in [1.54, 1.807) is 0 Å². The Morgan fingerprint density at radius 3 is 2.56 bits per heavy atom. The maximum atomic E-state index is 5.00. The standard InChI is InChI=1S/C25H20N2/c1-3-20-16-10-4-6-12-18(16)23(26-20)22-21-17-11-5-7-13-19(17)24-15(2)9-8-14-27(24)25(21)22/h3-14,21,24-25H,1H2,2H3/b23-22-. The Labute approximate surface area is 159 Å². The van der Waals surface area contributed by atoms with Crippen LogP contribution in [0.5, 0.6) is 0 Å². The topological polar surface area (TPSA) is 15.6 Å². The second-order valence-electron chi connectivity index (χ2n) is 7.70. The van der Waals surface area contributed by atoms with Gasteiger partial charge in [0, 0.05) is 23.2 Å². The van der Waals surface area contributed by atoms with E-state index in [4.69, 9.17) is 4.99 Å². The predicted molar refractivity (Wildman–Crippen MR) is 111 cm³/mol. The summed E-state index contributed by atoms with van der Waals surface area (Å²) in [5.41, 5.74) is 10.4. The molecule has 3 heterocycles. The van der Waals surface area contributed by atoms with E-state index in [0.29, 0.717) is 18.0 Å². The normalized spacial score (nSPS) is 29.2. The van der Waals surface area contributed by atoms with Gasteiger partial charge in [-0.25, -0.2) is 4.99 Å². The molecule has 1 aliphatic carbocycles. The average Bonchev–Trinajstić information content (AvgIpc) is 3.35. The maximum Gasteiger partial charge on any atom is 0.0760 e. The molecule has 2 nitrogen and oxygen atoms in total. The fourth-order valence-corrected chi connectivity index (χ4v) is 5.15. The summed E-state index contributed by atoms with van der Waals surface area (Å²) in [4.78, 5) is 7.54. The lowest BCUT2D eigenvalue weighted by molar-refractivity contribution is 0.284.